The number of hydrogen-bond acceptors (Lipinski definition) is 4. The third-order valence-electron chi connectivity index (χ3n) is 1.36. The summed E-state index contributed by atoms with van der Waals surface area (Å²) in [5.74, 6) is -2.68. The summed E-state index contributed by atoms with van der Waals surface area (Å²) in [6, 6.07) is 3.72. The van der Waals surface area contributed by atoms with Gasteiger partial charge in [0, 0.05) is 9.75 Å². The van der Waals surface area contributed by atoms with Gasteiger partial charge in [0.1, 0.15) is 5.97 Å². The minimum Gasteiger partial charge on any atom is -0.541 e. The molecule has 0 radical (unpaired) electrons. The fourth-order valence-electron chi connectivity index (χ4n) is 0.769. The van der Waals surface area contributed by atoms with E-state index >= 15 is 0 Å². The van der Waals surface area contributed by atoms with Crippen molar-refractivity contribution < 1.29 is 66.1 Å². The van der Waals surface area contributed by atoms with Crippen LogP contribution in [0.4, 0.5) is 0 Å². The Morgan fingerprint density at radius 1 is 1.43 bits per heavy atom. The van der Waals surface area contributed by atoms with Gasteiger partial charge in [0.25, 0.3) is 0 Å². The van der Waals surface area contributed by atoms with Gasteiger partial charge in [-0.05, 0) is 31.2 Å². The maximum Gasteiger partial charge on any atom is 1.00 e. The monoisotopic (exact) mass is 234 g/mol. The SMILES string of the molecule is Cc1ccc(/C=C/C(=O)C(=O)[O-])s1.[K+]. The van der Waals surface area contributed by atoms with Crippen molar-refractivity contribution in [2.75, 3.05) is 0 Å². The van der Waals surface area contributed by atoms with Crippen LogP contribution in [0.3, 0.4) is 0 Å². The van der Waals surface area contributed by atoms with Crippen molar-refractivity contribution in [1.29, 1.82) is 0 Å². The zero-order valence-electron chi connectivity index (χ0n) is 7.94. The minimum atomic E-state index is -1.68. The fraction of sp³-hybridized carbons (Fsp3) is 0.111. The third kappa shape index (κ3) is 4.63. The van der Waals surface area contributed by atoms with E-state index in [0.717, 1.165) is 15.8 Å². The Morgan fingerprint density at radius 3 is 2.50 bits per heavy atom. The van der Waals surface area contributed by atoms with Crippen molar-refractivity contribution in [2.45, 2.75) is 6.92 Å². The van der Waals surface area contributed by atoms with E-state index in [4.69, 9.17) is 0 Å². The standard InChI is InChI=1S/C9H8O3S.K/c1-6-2-3-7(13-6)4-5-8(10)9(11)12;/h2-5H,1H3,(H,11,12);/q;+1/p-1/b5-4+;. The molecule has 1 aromatic heterocycles. The van der Waals surface area contributed by atoms with Crippen LogP contribution >= 0.6 is 11.3 Å². The first-order chi connectivity index (χ1) is 6.09. The molecule has 0 N–H and O–H groups in total. The van der Waals surface area contributed by atoms with Gasteiger partial charge in [-0.15, -0.1) is 11.3 Å². The van der Waals surface area contributed by atoms with Crippen molar-refractivity contribution in [3.63, 3.8) is 0 Å². The molecule has 1 aromatic rings. The molecular formula is C9H7KO3S. The quantitative estimate of drug-likeness (QED) is 0.327. The molecule has 0 aliphatic carbocycles. The van der Waals surface area contributed by atoms with Gasteiger partial charge in [-0.2, -0.15) is 0 Å². The predicted molar refractivity (Wildman–Crippen MR) is 48.1 cm³/mol. The van der Waals surface area contributed by atoms with Gasteiger partial charge < -0.3 is 9.90 Å². The Hall–Kier alpha value is 0.216. The number of carbonyl (C=O) groups excluding carboxylic acids is 2. The van der Waals surface area contributed by atoms with Crippen LogP contribution in [0.2, 0.25) is 0 Å². The number of hydrogen-bond donors (Lipinski definition) is 0. The molecular weight excluding hydrogens is 227 g/mol. The van der Waals surface area contributed by atoms with Gasteiger partial charge in [-0.25, -0.2) is 0 Å². The van der Waals surface area contributed by atoms with Crippen LogP contribution in [-0.2, 0) is 9.59 Å². The van der Waals surface area contributed by atoms with Crippen LogP contribution in [0, 0.1) is 6.92 Å². The average molecular weight is 234 g/mol. The first kappa shape index (κ1) is 14.2. The summed E-state index contributed by atoms with van der Waals surface area (Å²) < 4.78 is 0. The normalized spacial score (nSPS) is 9.79. The molecule has 0 aliphatic heterocycles. The molecule has 0 saturated heterocycles. The molecule has 0 aromatic carbocycles. The second-order valence-corrected chi connectivity index (χ2v) is 3.75. The van der Waals surface area contributed by atoms with E-state index in [9.17, 15) is 14.7 Å². The van der Waals surface area contributed by atoms with Crippen molar-refractivity contribution in [2.24, 2.45) is 0 Å². The van der Waals surface area contributed by atoms with E-state index in [1.807, 2.05) is 19.1 Å². The molecule has 68 valence electrons. The second-order valence-electron chi connectivity index (χ2n) is 2.43. The Bertz CT molecular complexity index is 368. The number of rotatable bonds is 3. The van der Waals surface area contributed by atoms with Crippen molar-refractivity contribution in [1.82, 2.24) is 0 Å². The van der Waals surface area contributed by atoms with Crippen LogP contribution in [0.15, 0.2) is 18.2 Å². The molecule has 5 heteroatoms. The minimum absolute atomic E-state index is 0. The van der Waals surface area contributed by atoms with Gasteiger partial charge in [0.2, 0.25) is 5.78 Å². The van der Waals surface area contributed by atoms with E-state index in [-0.39, 0.29) is 51.4 Å². The van der Waals surface area contributed by atoms with E-state index in [1.165, 1.54) is 17.4 Å². The van der Waals surface area contributed by atoms with Crippen LogP contribution in [-0.4, -0.2) is 11.8 Å². The maximum absolute atomic E-state index is 10.6. The number of aryl methyl sites for hydroxylation is 1. The topological polar surface area (TPSA) is 57.2 Å². The Morgan fingerprint density at radius 2 is 2.07 bits per heavy atom. The molecule has 0 aliphatic rings. The fourth-order valence-corrected chi connectivity index (χ4v) is 1.55. The molecule has 1 heterocycles. The van der Waals surface area contributed by atoms with Gasteiger partial charge in [0.15, 0.2) is 0 Å². The van der Waals surface area contributed by atoms with Crippen LogP contribution < -0.4 is 56.5 Å². The number of ketones is 1. The van der Waals surface area contributed by atoms with Gasteiger partial charge in [0.05, 0.1) is 0 Å². The number of carbonyl (C=O) groups is 2. The van der Waals surface area contributed by atoms with Crippen LogP contribution in [0.1, 0.15) is 9.75 Å². The molecule has 14 heavy (non-hydrogen) atoms. The van der Waals surface area contributed by atoms with Gasteiger partial charge >= 0.3 is 51.4 Å². The van der Waals surface area contributed by atoms with E-state index in [0.29, 0.717) is 0 Å². The molecule has 0 spiro atoms. The van der Waals surface area contributed by atoms with Gasteiger partial charge in [-0.1, -0.05) is 0 Å². The molecule has 0 saturated carbocycles. The zero-order valence-corrected chi connectivity index (χ0v) is 11.9. The molecule has 3 nitrogen and oxygen atoms in total. The van der Waals surface area contributed by atoms with Crippen LogP contribution in [0.25, 0.3) is 6.08 Å². The second kappa shape index (κ2) is 6.65. The maximum atomic E-state index is 10.6. The molecule has 0 atom stereocenters. The Labute approximate surface area is 128 Å². The van der Waals surface area contributed by atoms with Crippen molar-refractivity contribution in [3.05, 3.63) is 28.0 Å². The largest absolute Gasteiger partial charge is 1.00 e. The van der Waals surface area contributed by atoms with Crippen LogP contribution in [0.5, 0.6) is 0 Å². The average Bonchev–Trinajstić information content (AvgIpc) is 2.47. The summed E-state index contributed by atoms with van der Waals surface area (Å²) >= 11 is 1.49. The Kier molecular flexibility index (Phi) is 6.76. The number of carboxylic acids is 1. The third-order valence-corrected chi connectivity index (χ3v) is 2.33. The molecule has 0 fully saturated rings. The van der Waals surface area contributed by atoms with E-state index in [1.54, 1.807) is 0 Å². The first-order valence-corrected chi connectivity index (χ1v) is 4.41. The Balaban J connectivity index is 0.00000169. The summed E-state index contributed by atoms with van der Waals surface area (Å²) in [5.41, 5.74) is 0. The molecule has 0 amide bonds. The molecule has 1 rings (SSSR count). The summed E-state index contributed by atoms with van der Waals surface area (Å²) in [6.07, 6.45) is 2.47. The van der Waals surface area contributed by atoms with Gasteiger partial charge in [-0.3, -0.25) is 4.79 Å². The number of aliphatic carboxylic acids is 1. The molecule has 0 unspecified atom stereocenters. The summed E-state index contributed by atoms with van der Waals surface area (Å²) in [7, 11) is 0. The molecule has 0 bridgehead atoms. The van der Waals surface area contributed by atoms with Crippen molar-refractivity contribution in [3.8, 4) is 0 Å². The van der Waals surface area contributed by atoms with E-state index < -0.39 is 11.8 Å². The summed E-state index contributed by atoms with van der Waals surface area (Å²) in [6.45, 7) is 1.93. The predicted octanol–water partition coefficient (Wildman–Crippen LogP) is -2.61. The summed E-state index contributed by atoms with van der Waals surface area (Å²) in [5, 5.41) is 10.0. The summed E-state index contributed by atoms with van der Waals surface area (Å²) in [4.78, 5) is 22.6. The van der Waals surface area contributed by atoms with Crippen molar-refractivity contribution >= 4 is 29.2 Å². The first-order valence-electron chi connectivity index (χ1n) is 3.59. The van der Waals surface area contributed by atoms with E-state index in [2.05, 4.69) is 0 Å². The zero-order chi connectivity index (χ0) is 9.84. The smallest absolute Gasteiger partial charge is 0.541 e. The number of thiophene rings is 1. The number of carboxylic acid groups (broad SMARTS) is 1.